The third kappa shape index (κ3) is 5.94. The van der Waals surface area contributed by atoms with Crippen molar-refractivity contribution in [2.24, 2.45) is 0 Å². The molecule has 3 nitrogen and oxygen atoms in total. The van der Waals surface area contributed by atoms with Gasteiger partial charge in [0.05, 0.1) is 7.11 Å². The molecule has 0 aromatic heterocycles. The van der Waals surface area contributed by atoms with Gasteiger partial charge in [0.15, 0.2) is 0 Å². The van der Waals surface area contributed by atoms with E-state index in [1.165, 1.54) is 61.4 Å². The monoisotopic (exact) mass is 446 g/mol. The summed E-state index contributed by atoms with van der Waals surface area (Å²) < 4.78 is 17.2. The van der Waals surface area contributed by atoms with Crippen molar-refractivity contribution in [1.82, 2.24) is 4.90 Å². The molecule has 3 aromatic rings. The number of fused-ring (bicyclic) bond motifs is 1. The van der Waals surface area contributed by atoms with E-state index in [0.717, 1.165) is 18.7 Å². The van der Waals surface area contributed by atoms with Crippen molar-refractivity contribution >= 4 is 5.69 Å². The highest BCUT2D eigenvalue weighted by atomic mass is 19.1. The van der Waals surface area contributed by atoms with Crippen molar-refractivity contribution in [3.8, 4) is 5.75 Å². The highest BCUT2D eigenvalue weighted by Gasteiger charge is 2.34. The molecule has 0 amide bonds. The number of rotatable bonds is 5. The fourth-order valence-corrected chi connectivity index (χ4v) is 5.06. The van der Waals surface area contributed by atoms with Crippen LogP contribution >= 0.6 is 0 Å². The normalized spacial score (nSPS) is 18.4. The number of hydrogen-bond donors (Lipinski definition) is 0. The Balaban J connectivity index is 0.000000318. The maximum absolute atomic E-state index is 11.9. The molecule has 0 bridgehead atoms. The minimum absolute atomic E-state index is 0.178. The number of anilines is 1. The van der Waals surface area contributed by atoms with E-state index < -0.39 is 0 Å². The summed E-state index contributed by atoms with van der Waals surface area (Å²) in [5.74, 6) is 1.34. The van der Waals surface area contributed by atoms with E-state index in [-0.39, 0.29) is 5.82 Å². The van der Waals surface area contributed by atoms with Crippen LogP contribution in [0.5, 0.6) is 5.75 Å². The Labute approximate surface area is 197 Å². The molecule has 0 radical (unpaired) electrons. The van der Waals surface area contributed by atoms with Gasteiger partial charge >= 0.3 is 0 Å². The lowest BCUT2D eigenvalue weighted by Gasteiger charge is -2.38. The number of hydrogen-bond acceptors (Lipinski definition) is 3. The zero-order chi connectivity index (χ0) is 23.0. The van der Waals surface area contributed by atoms with Crippen LogP contribution in [-0.4, -0.2) is 44.2 Å². The van der Waals surface area contributed by atoms with E-state index in [1.807, 2.05) is 0 Å². The van der Waals surface area contributed by atoms with Crippen LogP contribution in [0.1, 0.15) is 36.8 Å². The van der Waals surface area contributed by atoms with E-state index in [0.29, 0.717) is 12.0 Å². The van der Waals surface area contributed by atoms with Crippen LogP contribution in [0, 0.1) is 5.82 Å². The van der Waals surface area contributed by atoms with E-state index >= 15 is 0 Å². The molecule has 1 atom stereocenters. The molecule has 4 heteroatoms. The quantitative estimate of drug-likeness (QED) is 0.467. The second-order valence-electron chi connectivity index (χ2n) is 8.92. The molecule has 1 fully saturated rings. The van der Waals surface area contributed by atoms with Gasteiger partial charge in [0, 0.05) is 37.3 Å². The minimum Gasteiger partial charge on any atom is -0.497 e. The number of benzene rings is 3. The number of ether oxygens (including phenoxy) is 1. The molecule has 0 spiro atoms. The zero-order valence-corrected chi connectivity index (χ0v) is 19.8. The standard InChI is InChI=1S/C23H30N2O.C6H5F/c1-3-24-14-12-20(13-15-24)25-17-19(22-6-4-5-7-23(22)25)16-18-8-10-21(26-2)11-9-18;7-6-4-2-1-3-5-6/h4-11,19-20H,3,12-17H2,1-2H3;1-5H. The van der Waals surface area contributed by atoms with Gasteiger partial charge in [0.2, 0.25) is 0 Å². The molecule has 0 aliphatic carbocycles. The minimum atomic E-state index is -0.178. The molecule has 2 aliphatic heterocycles. The largest absolute Gasteiger partial charge is 0.497 e. The summed E-state index contributed by atoms with van der Waals surface area (Å²) in [5.41, 5.74) is 4.40. The molecular weight excluding hydrogens is 411 g/mol. The fraction of sp³-hybridized carbons (Fsp3) is 0.379. The summed E-state index contributed by atoms with van der Waals surface area (Å²) in [7, 11) is 1.73. The van der Waals surface area contributed by atoms with Gasteiger partial charge in [0.1, 0.15) is 11.6 Å². The Hall–Kier alpha value is -2.85. The van der Waals surface area contributed by atoms with Crippen LogP contribution in [-0.2, 0) is 6.42 Å². The smallest absolute Gasteiger partial charge is 0.123 e. The lowest BCUT2D eigenvalue weighted by Crippen LogP contribution is -2.44. The average molecular weight is 447 g/mol. The van der Waals surface area contributed by atoms with Gasteiger partial charge in [-0.15, -0.1) is 0 Å². The van der Waals surface area contributed by atoms with Gasteiger partial charge in [-0.3, -0.25) is 0 Å². The predicted molar refractivity (Wildman–Crippen MR) is 135 cm³/mol. The number of nitrogens with zero attached hydrogens (tertiary/aromatic N) is 2. The Morgan fingerprint density at radius 3 is 2.15 bits per heavy atom. The highest BCUT2D eigenvalue weighted by Crippen LogP contribution is 2.40. The van der Waals surface area contributed by atoms with Crippen molar-refractivity contribution in [1.29, 1.82) is 0 Å². The average Bonchev–Trinajstić information content (AvgIpc) is 3.24. The fourth-order valence-electron chi connectivity index (χ4n) is 5.06. The first-order chi connectivity index (χ1) is 16.2. The van der Waals surface area contributed by atoms with Gasteiger partial charge < -0.3 is 14.5 Å². The van der Waals surface area contributed by atoms with Gasteiger partial charge in [-0.05, 0) is 67.3 Å². The Kier molecular flexibility index (Phi) is 8.01. The van der Waals surface area contributed by atoms with Crippen LogP contribution in [0.15, 0.2) is 78.9 Å². The second-order valence-corrected chi connectivity index (χ2v) is 8.92. The van der Waals surface area contributed by atoms with Gasteiger partial charge in [-0.1, -0.05) is 55.5 Å². The number of likely N-dealkylation sites (tertiary alicyclic amines) is 1. The summed E-state index contributed by atoms with van der Waals surface area (Å²) >= 11 is 0. The molecule has 0 N–H and O–H groups in total. The molecule has 174 valence electrons. The molecule has 5 rings (SSSR count). The van der Waals surface area contributed by atoms with E-state index in [2.05, 4.69) is 65.3 Å². The highest BCUT2D eigenvalue weighted by molar-refractivity contribution is 5.61. The number of piperidine rings is 1. The lowest BCUT2D eigenvalue weighted by molar-refractivity contribution is 0.219. The van der Waals surface area contributed by atoms with Crippen molar-refractivity contribution in [2.75, 3.05) is 38.2 Å². The maximum Gasteiger partial charge on any atom is 0.123 e. The Morgan fingerprint density at radius 1 is 0.879 bits per heavy atom. The summed E-state index contributed by atoms with van der Waals surface area (Å²) in [4.78, 5) is 5.28. The Morgan fingerprint density at radius 2 is 1.55 bits per heavy atom. The van der Waals surface area contributed by atoms with Crippen LogP contribution in [0.3, 0.4) is 0 Å². The topological polar surface area (TPSA) is 15.7 Å². The van der Waals surface area contributed by atoms with Crippen LogP contribution in [0.2, 0.25) is 0 Å². The lowest BCUT2D eigenvalue weighted by atomic mass is 9.94. The summed E-state index contributed by atoms with van der Waals surface area (Å²) in [5, 5.41) is 0. The molecule has 0 saturated carbocycles. The molecular formula is C29H35FN2O. The summed E-state index contributed by atoms with van der Waals surface area (Å²) in [6.45, 7) is 7.09. The van der Waals surface area contributed by atoms with Gasteiger partial charge in [-0.25, -0.2) is 4.39 Å². The van der Waals surface area contributed by atoms with Crippen LogP contribution in [0.4, 0.5) is 10.1 Å². The second kappa shape index (κ2) is 11.3. The molecule has 2 heterocycles. The molecule has 1 saturated heterocycles. The molecule has 2 aliphatic rings. The van der Waals surface area contributed by atoms with E-state index in [4.69, 9.17) is 4.74 Å². The van der Waals surface area contributed by atoms with Crippen molar-refractivity contribution in [3.63, 3.8) is 0 Å². The Bertz CT molecular complexity index is 984. The van der Waals surface area contributed by atoms with Crippen molar-refractivity contribution < 1.29 is 9.13 Å². The molecule has 3 aromatic carbocycles. The molecule has 33 heavy (non-hydrogen) atoms. The van der Waals surface area contributed by atoms with Crippen LogP contribution < -0.4 is 9.64 Å². The number of halogens is 1. The van der Waals surface area contributed by atoms with Gasteiger partial charge in [-0.2, -0.15) is 0 Å². The number of para-hydroxylation sites is 1. The number of methoxy groups -OCH3 is 1. The first-order valence-corrected chi connectivity index (χ1v) is 12.1. The maximum atomic E-state index is 11.9. The van der Waals surface area contributed by atoms with Crippen LogP contribution in [0.25, 0.3) is 0 Å². The zero-order valence-electron chi connectivity index (χ0n) is 19.8. The summed E-state index contributed by atoms with van der Waals surface area (Å²) in [6, 6.07) is 26.3. The van der Waals surface area contributed by atoms with E-state index in [9.17, 15) is 4.39 Å². The third-order valence-electron chi connectivity index (χ3n) is 6.92. The molecule has 1 unspecified atom stereocenters. The first-order valence-electron chi connectivity index (χ1n) is 12.1. The predicted octanol–water partition coefficient (Wildman–Crippen LogP) is 6.15. The first kappa shape index (κ1) is 23.3. The van der Waals surface area contributed by atoms with E-state index in [1.54, 1.807) is 25.3 Å². The third-order valence-corrected chi connectivity index (χ3v) is 6.92. The van der Waals surface area contributed by atoms with Gasteiger partial charge in [0.25, 0.3) is 0 Å². The SMILES string of the molecule is CCN1CCC(N2CC(Cc3ccc(OC)cc3)c3ccccc32)CC1.Fc1ccccc1. The van der Waals surface area contributed by atoms with Crippen molar-refractivity contribution in [3.05, 3.63) is 95.8 Å². The van der Waals surface area contributed by atoms with Crippen molar-refractivity contribution in [2.45, 2.75) is 38.1 Å². The summed E-state index contributed by atoms with van der Waals surface area (Å²) in [6.07, 6.45) is 3.68.